The van der Waals surface area contributed by atoms with Gasteiger partial charge in [-0.1, -0.05) is 50.2 Å². The van der Waals surface area contributed by atoms with Crippen LogP contribution in [0.15, 0.2) is 61.1 Å². The smallest absolute Gasteiger partial charge is 0.276 e. The number of hydrogen-bond donors (Lipinski definition) is 3. The van der Waals surface area contributed by atoms with Gasteiger partial charge in [0.1, 0.15) is 5.82 Å². The zero-order chi connectivity index (χ0) is 36.4. The highest BCUT2D eigenvalue weighted by Gasteiger charge is 2.52. The van der Waals surface area contributed by atoms with E-state index in [4.69, 9.17) is 0 Å². The predicted octanol–water partition coefficient (Wildman–Crippen LogP) is 3.72. The standard InChI is InChI=1S/C37H39F2N9O4/c1-36(2)13-28-27(12-37(36,38)39)31(45-44-28)34(51)42-25-15-41-48(20-25)32(21-6-4-3-5-7-21)23-16-47(17-23)35(52)24-18-46(19-24)29-10-8-22(14-40-29)26-9-11-30(49)43-33(26)50/h3-8,10,14-15,20,23-24,26,32H,9,11-13,16-19H2,1-2H3,(H,42,51)(H,44,45)(H,43,49,50)/t26?,32-/m1/s1. The summed E-state index contributed by atoms with van der Waals surface area (Å²) in [5, 5.41) is 16.6. The lowest BCUT2D eigenvalue weighted by atomic mass is 9.73. The normalized spacial score (nSPS) is 21.8. The number of hydrogen-bond acceptors (Lipinski definition) is 8. The molecular formula is C37H39F2N9O4. The molecule has 4 amide bonds. The van der Waals surface area contributed by atoms with Gasteiger partial charge in [0.2, 0.25) is 17.7 Å². The quantitative estimate of drug-likeness (QED) is 0.234. The van der Waals surface area contributed by atoms with Crippen molar-refractivity contribution < 1.29 is 28.0 Å². The Bertz CT molecular complexity index is 2030. The van der Waals surface area contributed by atoms with E-state index < -0.39 is 29.6 Å². The van der Waals surface area contributed by atoms with Gasteiger partial charge < -0.3 is 15.1 Å². The molecule has 3 fully saturated rings. The van der Waals surface area contributed by atoms with E-state index in [1.54, 1.807) is 17.1 Å². The first-order valence-electron chi connectivity index (χ1n) is 17.5. The molecule has 0 radical (unpaired) electrons. The molecule has 1 unspecified atom stereocenters. The van der Waals surface area contributed by atoms with Crippen LogP contribution in [0, 0.1) is 17.3 Å². The molecule has 1 aliphatic carbocycles. The van der Waals surface area contributed by atoms with Crippen molar-refractivity contribution in [2.75, 3.05) is 36.4 Å². The summed E-state index contributed by atoms with van der Waals surface area (Å²) < 4.78 is 31.5. The Morgan fingerprint density at radius 2 is 1.77 bits per heavy atom. The molecule has 52 heavy (non-hydrogen) atoms. The van der Waals surface area contributed by atoms with Crippen molar-refractivity contribution in [3.8, 4) is 0 Å². The van der Waals surface area contributed by atoms with E-state index in [1.165, 1.54) is 20.0 Å². The van der Waals surface area contributed by atoms with E-state index in [9.17, 15) is 28.0 Å². The van der Waals surface area contributed by atoms with Crippen molar-refractivity contribution in [1.82, 2.24) is 35.2 Å². The number of imide groups is 1. The summed E-state index contributed by atoms with van der Waals surface area (Å²) in [5.74, 6) is -3.77. The van der Waals surface area contributed by atoms with Crippen LogP contribution in [0.3, 0.4) is 0 Å². The van der Waals surface area contributed by atoms with E-state index in [1.807, 2.05) is 52.3 Å². The molecule has 3 aliphatic heterocycles. The van der Waals surface area contributed by atoms with Crippen LogP contribution in [-0.4, -0.2) is 85.6 Å². The summed E-state index contributed by atoms with van der Waals surface area (Å²) in [5.41, 5.74) is 1.68. The Labute approximate surface area is 298 Å². The number of carbonyl (C=O) groups is 4. The van der Waals surface area contributed by atoms with Crippen molar-refractivity contribution in [2.45, 2.75) is 57.4 Å². The molecule has 6 heterocycles. The third-order valence-electron chi connectivity index (χ3n) is 11.1. The number of alkyl halides is 2. The fraction of sp³-hybridized carbons (Fsp3) is 0.432. The lowest BCUT2D eigenvalue weighted by molar-refractivity contribution is -0.143. The Hall–Kier alpha value is -5.47. The first-order chi connectivity index (χ1) is 24.9. The van der Waals surface area contributed by atoms with Gasteiger partial charge in [-0.3, -0.25) is 34.3 Å². The molecule has 2 atom stereocenters. The molecule has 15 heteroatoms. The zero-order valence-electron chi connectivity index (χ0n) is 28.8. The average Bonchev–Trinajstić information content (AvgIpc) is 3.68. The van der Waals surface area contributed by atoms with E-state index in [-0.39, 0.29) is 53.3 Å². The molecule has 270 valence electrons. The monoisotopic (exact) mass is 711 g/mol. The molecule has 8 rings (SSSR count). The van der Waals surface area contributed by atoms with Gasteiger partial charge in [-0.25, -0.2) is 13.8 Å². The van der Waals surface area contributed by atoms with Crippen molar-refractivity contribution >= 4 is 35.1 Å². The van der Waals surface area contributed by atoms with Gasteiger partial charge in [0, 0.05) is 80.4 Å². The van der Waals surface area contributed by atoms with Crippen LogP contribution in [0.25, 0.3) is 0 Å². The molecule has 3 saturated heterocycles. The highest BCUT2D eigenvalue weighted by atomic mass is 19.3. The maximum Gasteiger partial charge on any atom is 0.276 e. The Balaban J connectivity index is 0.889. The van der Waals surface area contributed by atoms with Crippen LogP contribution in [0.4, 0.5) is 20.3 Å². The van der Waals surface area contributed by atoms with Crippen LogP contribution in [0.1, 0.15) is 71.5 Å². The Morgan fingerprint density at radius 3 is 2.48 bits per heavy atom. The van der Waals surface area contributed by atoms with Gasteiger partial charge in [-0.15, -0.1) is 0 Å². The summed E-state index contributed by atoms with van der Waals surface area (Å²) >= 11 is 0. The van der Waals surface area contributed by atoms with Gasteiger partial charge in [0.15, 0.2) is 5.69 Å². The topological polar surface area (TPSA) is 158 Å². The van der Waals surface area contributed by atoms with Gasteiger partial charge in [0.25, 0.3) is 11.8 Å². The van der Waals surface area contributed by atoms with Crippen LogP contribution < -0.4 is 15.5 Å². The van der Waals surface area contributed by atoms with Crippen molar-refractivity contribution in [1.29, 1.82) is 0 Å². The minimum atomic E-state index is -2.98. The maximum atomic E-state index is 14.9. The number of nitrogens with zero attached hydrogens (tertiary/aromatic N) is 6. The number of anilines is 2. The minimum absolute atomic E-state index is 0.0414. The van der Waals surface area contributed by atoms with Crippen LogP contribution in [0.5, 0.6) is 0 Å². The largest absolute Gasteiger partial charge is 0.355 e. The van der Waals surface area contributed by atoms with Crippen LogP contribution in [-0.2, 0) is 27.2 Å². The number of piperidine rings is 1. The van der Waals surface area contributed by atoms with E-state index in [2.05, 4.69) is 30.9 Å². The molecule has 4 aliphatic rings. The maximum absolute atomic E-state index is 14.9. The molecule has 0 spiro atoms. The number of H-pyrrole nitrogens is 1. The SMILES string of the molecule is CC1(C)Cc2[nH]nc(C(=O)Nc3cnn([C@H](c4ccccc4)C4CN(C(=O)C5CN(c6ccc(C7CCC(=O)NC7=O)cn6)C5)C4)c3)c2CC1(F)F. The first kappa shape index (κ1) is 33.7. The Kier molecular flexibility index (Phi) is 8.18. The van der Waals surface area contributed by atoms with Crippen molar-refractivity contribution in [3.63, 3.8) is 0 Å². The number of likely N-dealkylation sites (tertiary alicyclic amines) is 1. The second-order valence-corrected chi connectivity index (χ2v) is 15.0. The van der Waals surface area contributed by atoms with Crippen molar-refractivity contribution in [3.05, 3.63) is 89.1 Å². The second-order valence-electron chi connectivity index (χ2n) is 15.0. The summed E-state index contributed by atoms with van der Waals surface area (Å²) in [6.07, 6.45) is 5.22. The van der Waals surface area contributed by atoms with Gasteiger partial charge >= 0.3 is 0 Å². The number of nitrogens with one attached hydrogen (secondary N) is 3. The van der Waals surface area contributed by atoms with Gasteiger partial charge in [-0.2, -0.15) is 10.2 Å². The second kappa shape index (κ2) is 12.6. The molecule has 4 aromatic rings. The zero-order valence-corrected chi connectivity index (χ0v) is 28.8. The molecular weight excluding hydrogens is 672 g/mol. The number of pyridine rings is 1. The lowest BCUT2D eigenvalue weighted by Gasteiger charge is -2.48. The van der Waals surface area contributed by atoms with Gasteiger partial charge in [0.05, 0.1) is 29.8 Å². The number of halogens is 2. The number of aromatic nitrogens is 5. The molecule has 3 aromatic heterocycles. The molecule has 1 aromatic carbocycles. The van der Waals surface area contributed by atoms with Crippen molar-refractivity contribution in [2.24, 2.45) is 17.3 Å². The molecule has 0 bridgehead atoms. The van der Waals surface area contributed by atoms with E-state index in [0.29, 0.717) is 50.4 Å². The summed E-state index contributed by atoms with van der Waals surface area (Å²) in [6, 6.07) is 13.3. The highest BCUT2D eigenvalue weighted by molar-refractivity contribution is 6.04. The fourth-order valence-electron chi connectivity index (χ4n) is 7.77. The van der Waals surface area contributed by atoms with Crippen LogP contribution in [0.2, 0.25) is 0 Å². The van der Waals surface area contributed by atoms with E-state index in [0.717, 1.165) is 16.9 Å². The molecule has 0 saturated carbocycles. The number of benzene rings is 1. The molecule has 13 nitrogen and oxygen atoms in total. The minimum Gasteiger partial charge on any atom is -0.355 e. The number of carbonyl (C=O) groups excluding carboxylic acids is 4. The summed E-state index contributed by atoms with van der Waals surface area (Å²) in [6.45, 7) is 5.20. The Morgan fingerprint density at radius 1 is 1.00 bits per heavy atom. The summed E-state index contributed by atoms with van der Waals surface area (Å²) in [4.78, 5) is 58.8. The first-order valence-corrected chi connectivity index (χ1v) is 17.5. The third-order valence-corrected chi connectivity index (χ3v) is 11.1. The number of rotatable bonds is 8. The van der Waals surface area contributed by atoms with E-state index >= 15 is 0 Å². The van der Waals surface area contributed by atoms with Gasteiger partial charge in [-0.05, 0) is 23.6 Å². The summed E-state index contributed by atoms with van der Waals surface area (Å²) in [7, 11) is 0. The van der Waals surface area contributed by atoms with Crippen LogP contribution >= 0.6 is 0 Å². The number of fused-ring (bicyclic) bond motifs is 1. The fourth-order valence-corrected chi connectivity index (χ4v) is 7.77. The lowest BCUT2D eigenvalue weighted by Crippen LogP contribution is -2.61. The number of amides is 4. The highest BCUT2D eigenvalue weighted by Crippen LogP contribution is 2.46. The number of aromatic amines is 1. The molecule has 3 N–H and O–H groups in total. The average molecular weight is 712 g/mol. The predicted molar refractivity (Wildman–Crippen MR) is 185 cm³/mol. The third kappa shape index (κ3) is 6.01.